The van der Waals surface area contributed by atoms with Crippen LogP contribution in [-0.2, 0) is 4.79 Å². The Morgan fingerprint density at radius 3 is 2.56 bits per heavy atom. The van der Waals surface area contributed by atoms with E-state index < -0.39 is 0 Å². The van der Waals surface area contributed by atoms with Gasteiger partial charge in [0.1, 0.15) is 0 Å². The number of aromatic nitrogens is 1. The van der Waals surface area contributed by atoms with Gasteiger partial charge in [0.05, 0.1) is 12.0 Å². The number of carbonyl (C=O) groups excluding carboxylic acids is 1. The third-order valence-electron chi connectivity index (χ3n) is 4.43. The molecule has 2 N–H and O–H groups in total. The second-order valence-corrected chi connectivity index (χ2v) is 6.14. The summed E-state index contributed by atoms with van der Waals surface area (Å²) in [6, 6.07) is 12.3. The number of nitrogens with zero attached hydrogens (tertiary/aromatic N) is 1. The van der Waals surface area contributed by atoms with Crippen LogP contribution in [0.25, 0.3) is 11.1 Å². The van der Waals surface area contributed by atoms with E-state index in [1.165, 1.54) is 0 Å². The average Bonchev–Trinajstić information content (AvgIpc) is 2.63. The highest BCUT2D eigenvalue weighted by molar-refractivity contribution is 5.85. The van der Waals surface area contributed by atoms with Crippen LogP contribution in [-0.4, -0.2) is 24.0 Å². The second-order valence-electron chi connectivity index (χ2n) is 6.14. The summed E-state index contributed by atoms with van der Waals surface area (Å²) in [6.45, 7) is 3.85. The van der Waals surface area contributed by atoms with Gasteiger partial charge in [-0.3, -0.25) is 9.78 Å². The van der Waals surface area contributed by atoms with Crippen LogP contribution in [0.2, 0.25) is 0 Å². The zero-order valence-electron chi connectivity index (χ0n) is 14.3. The lowest BCUT2D eigenvalue weighted by atomic mass is 9.97. The highest BCUT2D eigenvalue weighted by atomic mass is 35.5. The first-order valence-electron chi connectivity index (χ1n) is 8.25. The predicted molar refractivity (Wildman–Crippen MR) is 106 cm³/mol. The number of hydrogen-bond donors (Lipinski definition) is 2. The van der Waals surface area contributed by atoms with E-state index in [0.29, 0.717) is 0 Å². The molecule has 0 spiro atoms. The minimum Gasteiger partial charge on any atom is -0.349 e. The lowest BCUT2D eigenvalue weighted by Crippen LogP contribution is -2.41. The van der Waals surface area contributed by atoms with Gasteiger partial charge in [0, 0.05) is 18.9 Å². The molecular formula is C19H25Cl2N3O. The zero-order valence-corrected chi connectivity index (χ0v) is 15.9. The largest absolute Gasteiger partial charge is 0.349 e. The monoisotopic (exact) mass is 381 g/mol. The molecular weight excluding hydrogens is 357 g/mol. The number of halogens is 2. The molecule has 1 saturated heterocycles. The van der Waals surface area contributed by atoms with Gasteiger partial charge in [-0.05, 0) is 49.1 Å². The van der Waals surface area contributed by atoms with E-state index in [9.17, 15) is 4.79 Å². The molecule has 1 aromatic carbocycles. The quantitative estimate of drug-likeness (QED) is 0.847. The third-order valence-corrected chi connectivity index (χ3v) is 4.43. The molecule has 1 aliphatic heterocycles. The first-order chi connectivity index (χ1) is 11.2. The standard InChI is InChI=1S/C19H23N3O.2ClH/c1-14(22-19(23)18-5-3-11-21-13-18)15-6-8-16(9-7-15)17-4-2-10-20-12-17;;/h2,4,6-10,12,14,18,21H,3,5,11,13H2,1H3,(H,22,23);2*1H. The fourth-order valence-corrected chi connectivity index (χ4v) is 2.99. The topological polar surface area (TPSA) is 54.0 Å². The fourth-order valence-electron chi connectivity index (χ4n) is 2.99. The summed E-state index contributed by atoms with van der Waals surface area (Å²) in [6.07, 6.45) is 5.68. The van der Waals surface area contributed by atoms with Crippen molar-refractivity contribution in [2.45, 2.75) is 25.8 Å². The molecule has 136 valence electrons. The number of pyridine rings is 1. The summed E-state index contributed by atoms with van der Waals surface area (Å²) in [5.41, 5.74) is 3.36. The van der Waals surface area contributed by atoms with Crippen LogP contribution in [0.5, 0.6) is 0 Å². The molecule has 2 aromatic rings. The Balaban J connectivity index is 0.00000156. The Morgan fingerprint density at radius 2 is 1.96 bits per heavy atom. The fraction of sp³-hybridized carbons (Fsp3) is 0.368. The van der Waals surface area contributed by atoms with Gasteiger partial charge in [-0.25, -0.2) is 0 Å². The molecule has 0 bridgehead atoms. The molecule has 1 aromatic heterocycles. The average molecular weight is 382 g/mol. The molecule has 6 heteroatoms. The van der Waals surface area contributed by atoms with E-state index >= 15 is 0 Å². The Morgan fingerprint density at radius 1 is 1.20 bits per heavy atom. The Hall–Kier alpha value is -1.62. The van der Waals surface area contributed by atoms with Crippen LogP contribution >= 0.6 is 24.8 Å². The van der Waals surface area contributed by atoms with E-state index in [1.54, 1.807) is 6.20 Å². The van der Waals surface area contributed by atoms with Crippen molar-refractivity contribution in [2.24, 2.45) is 5.92 Å². The van der Waals surface area contributed by atoms with E-state index in [2.05, 4.69) is 39.9 Å². The molecule has 2 unspecified atom stereocenters. The number of benzene rings is 1. The molecule has 0 aliphatic carbocycles. The van der Waals surface area contributed by atoms with Crippen molar-refractivity contribution in [2.75, 3.05) is 13.1 Å². The first-order valence-corrected chi connectivity index (χ1v) is 8.25. The zero-order chi connectivity index (χ0) is 16.1. The maximum atomic E-state index is 12.3. The van der Waals surface area contributed by atoms with E-state index in [-0.39, 0.29) is 42.7 Å². The minimum absolute atomic E-state index is 0. The molecule has 3 rings (SSSR count). The van der Waals surface area contributed by atoms with Gasteiger partial charge < -0.3 is 10.6 Å². The molecule has 4 nitrogen and oxygen atoms in total. The van der Waals surface area contributed by atoms with Crippen molar-refractivity contribution in [3.05, 3.63) is 54.4 Å². The van der Waals surface area contributed by atoms with Crippen molar-refractivity contribution in [1.29, 1.82) is 0 Å². The molecule has 25 heavy (non-hydrogen) atoms. The molecule has 2 heterocycles. The summed E-state index contributed by atoms with van der Waals surface area (Å²) in [5.74, 6) is 0.252. The van der Waals surface area contributed by atoms with E-state index in [4.69, 9.17) is 0 Å². The van der Waals surface area contributed by atoms with Gasteiger partial charge in [-0.2, -0.15) is 0 Å². The Labute approximate surface area is 161 Å². The smallest absolute Gasteiger partial charge is 0.224 e. The van der Waals surface area contributed by atoms with E-state index in [1.807, 2.05) is 25.3 Å². The molecule has 0 radical (unpaired) electrons. The van der Waals surface area contributed by atoms with Gasteiger partial charge in [0.2, 0.25) is 5.91 Å². The molecule has 0 saturated carbocycles. The summed E-state index contributed by atoms with van der Waals surface area (Å²) in [5, 5.41) is 6.42. The Bertz CT molecular complexity index is 643. The SMILES string of the molecule is CC(NC(=O)C1CCCNC1)c1ccc(-c2cccnc2)cc1.Cl.Cl. The number of nitrogens with one attached hydrogen (secondary N) is 2. The molecule has 1 aliphatic rings. The van der Waals surface area contributed by atoms with Crippen molar-refractivity contribution in [3.8, 4) is 11.1 Å². The number of carbonyl (C=O) groups is 1. The van der Waals surface area contributed by atoms with Gasteiger partial charge in [0.25, 0.3) is 0 Å². The Kier molecular flexibility index (Phi) is 8.90. The first kappa shape index (κ1) is 21.4. The van der Waals surface area contributed by atoms with Crippen LogP contribution in [0.15, 0.2) is 48.8 Å². The highest BCUT2D eigenvalue weighted by Gasteiger charge is 2.22. The summed E-state index contributed by atoms with van der Waals surface area (Å²) < 4.78 is 0. The molecule has 1 amide bonds. The lowest BCUT2D eigenvalue weighted by molar-refractivity contribution is -0.126. The van der Waals surface area contributed by atoms with Gasteiger partial charge in [-0.1, -0.05) is 30.3 Å². The van der Waals surface area contributed by atoms with Gasteiger partial charge in [0.15, 0.2) is 0 Å². The predicted octanol–water partition coefficient (Wildman–Crippen LogP) is 3.77. The van der Waals surface area contributed by atoms with Crippen molar-refractivity contribution < 1.29 is 4.79 Å². The maximum Gasteiger partial charge on any atom is 0.224 e. The number of rotatable bonds is 4. The van der Waals surface area contributed by atoms with Gasteiger partial charge in [-0.15, -0.1) is 24.8 Å². The lowest BCUT2D eigenvalue weighted by Gasteiger charge is -2.24. The van der Waals surface area contributed by atoms with Crippen LogP contribution in [0, 0.1) is 5.92 Å². The third kappa shape index (κ3) is 5.70. The van der Waals surface area contributed by atoms with E-state index in [0.717, 1.165) is 42.6 Å². The number of hydrogen-bond acceptors (Lipinski definition) is 3. The summed E-state index contributed by atoms with van der Waals surface area (Å²) in [4.78, 5) is 16.5. The summed E-state index contributed by atoms with van der Waals surface area (Å²) >= 11 is 0. The second kappa shape index (κ2) is 10.4. The maximum absolute atomic E-state index is 12.3. The number of piperidine rings is 1. The van der Waals surface area contributed by atoms with Crippen LogP contribution in [0.1, 0.15) is 31.4 Å². The van der Waals surface area contributed by atoms with Crippen molar-refractivity contribution >= 4 is 30.7 Å². The van der Waals surface area contributed by atoms with Crippen molar-refractivity contribution in [1.82, 2.24) is 15.6 Å². The van der Waals surface area contributed by atoms with Crippen molar-refractivity contribution in [3.63, 3.8) is 0 Å². The molecule has 1 fully saturated rings. The highest BCUT2D eigenvalue weighted by Crippen LogP contribution is 2.21. The summed E-state index contributed by atoms with van der Waals surface area (Å²) in [7, 11) is 0. The minimum atomic E-state index is 0. The van der Waals surface area contributed by atoms with Crippen LogP contribution < -0.4 is 10.6 Å². The van der Waals surface area contributed by atoms with Crippen LogP contribution in [0.4, 0.5) is 0 Å². The van der Waals surface area contributed by atoms with Crippen LogP contribution in [0.3, 0.4) is 0 Å². The number of amides is 1. The normalized spacial score (nSPS) is 17.6. The molecule has 2 atom stereocenters. The van der Waals surface area contributed by atoms with Gasteiger partial charge >= 0.3 is 0 Å².